The van der Waals surface area contributed by atoms with Gasteiger partial charge in [-0.3, -0.25) is 9.88 Å². The second-order valence-corrected chi connectivity index (χ2v) is 7.15. The number of hydrogen-bond acceptors (Lipinski definition) is 4. The molecule has 25 heavy (non-hydrogen) atoms. The molecule has 0 saturated heterocycles. The number of rotatable bonds is 10. The molecule has 138 valence electrons. The van der Waals surface area contributed by atoms with Crippen LogP contribution in [-0.2, 0) is 0 Å². The van der Waals surface area contributed by atoms with Gasteiger partial charge in [0.2, 0.25) is 0 Å². The van der Waals surface area contributed by atoms with Crippen LogP contribution < -0.4 is 10.1 Å². The number of nitrogens with zero attached hydrogens (tertiary/aromatic N) is 2. The van der Waals surface area contributed by atoms with E-state index >= 15 is 0 Å². The van der Waals surface area contributed by atoms with Crippen molar-refractivity contribution in [3.8, 4) is 5.75 Å². The molecule has 0 bridgehead atoms. The lowest BCUT2D eigenvalue weighted by Crippen LogP contribution is -2.37. The van der Waals surface area contributed by atoms with Gasteiger partial charge < -0.3 is 10.1 Å². The SMILES string of the molecule is CCC(C)N(CCNc1cc(OC)cc2cccnc12)CCC(C)C. The lowest BCUT2D eigenvalue weighted by molar-refractivity contribution is 0.200. The van der Waals surface area contributed by atoms with Crippen LogP contribution in [0.1, 0.15) is 40.5 Å². The molecule has 0 fully saturated rings. The maximum atomic E-state index is 5.43. The van der Waals surface area contributed by atoms with Gasteiger partial charge in [0.25, 0.3) is 0 Å². The fraction of sp³-hybridized carbons (Fsp3) is 0.571. The minimum absolute atomic E-state index is 0.612. The Kier molecular flexibility index (Phi) is 7.51. The Hall–Kier alpha value is -1.81. The normalized spacial score (nSPS) is 12.8. The van der Waals surface area contributed by atoms with Gasteiger partial charge in [0.1, 0.15) is 5.75 Å². The van der Waals surface area contributed by atoms with E-state index < -0.39 is 0 Å². The molecule has 0 aliphatic rings. The zero-order valence-electron chi connectivity index (χ0n) is 16.4. The molecule has 1 aromatic heterocycles. The van der Waals surface area contributed by atoms with E-state index in [1.54, 1.807) is 7.11 Å². The summed E-state index contributed by atoms with van der Waals surface area (Å²) in [4.78, 5) is 7.12. The van der Waals surface area contributed by atoms with Gasteiger partial charge in [-0.15, -0.1) is 0 Å². The monoisotopic (exact) mass is 343 g/mol. The molecule has 4 nitrogen and oxygen atoms in total. The van der Waals surface area contributed by atoms with Gasteiger partial charge in [0.05, 0.1) is 18.3 Å². The number of ether oxygens (including phenoxy) is 1. The third-order valence-electron chi connectivity index (χ3n) is 4.84. The summed E-state index contributed by atoms with van der Waals surface area (Å²) in [5, 5.41) is 4.68. The predicted octanol–water partition coefficient (Wildman–Crippen LogP) is 4.80. The maximum Gasteiger partial charge on any atom is 0.121 e. The van der Waals surface area contributed by atoms with Gasteiger partial charge in [0.15, 0.2) is 0 Å². The number of fused-ring (bicyclic) bond motifs is 1. The second kappa shape index (κ2) is 9.62. The highest BCUT2D eigenvalue weighted by molar-refractivity contribution is 5.91. The highest BCUT2D eigenvalue weighted by Gasteiger charge is 2.13. The van der Waals surface area contributed by atoms with E-state index in [1.807, 2.05) is 24.4 Å². The Labute approximate surface area is 152 Å². The summed E-state index contributed by atoms with van der Waals surface area (Å²) < 4.78 is 5.43. The van der Waals surface area contributed by atoms with Crippen molar-refractivity contribution in [2.45, 2.75) is 46.6 Å². The molecule has 0 spiro atoms. The van der Waals surface area contributed by atoms with Crippen molar-refractivity contribution in [3.63, 3.8) is 0 Å². The Bertz CT molecular complexity index is 657. The summed E-state index contributed by atoms with van der Waals surface area (Å²) >= 11 is 0. The van der Waals surface area contributed by atoms with E-state index in [0.717, 1.165) is 47.9 Å². The minimum atomic E-state index is 0.612. The van der Waals surface area contributed by atoms with E-state index in [4.69, 9.17) is 4.74 Å². The van der Waals surface area contributed by atoms with Crippen LogP contribution >= 0.6 is 0 Å². The molecule has 4 heteroatoms. The van der Waals surface area contributed by atoms with E-state index in [9.17, 15) is 0 Å². The van der Waals surface area contributed by atoms with Crippen molar-refractivity contribution in [1.82, 2.24) is 9.88 Å². The van der Waals surface area contributed by atoms with Crippen molar-refractivity contribution in [1.29, 1.82) is 0 Å². The topological polar surface area (TPSA) is 37.4 Å². The predicted molar refractivity (Wildman–Crippen MR) is 108 cm³/mol. The molecule has 0 amide bonds. The van der Waals surface area contributed by atoms with Crippen molar-refractivity contribution < 1.29 is 4.74 Å². The number of hydrogen-bond donors (Lipinski definition) is 1. The van der Waals surface area contributed by atoms with Crippen LogP contribution in [0.15, 0.2) is 30.5 Å². The average molecular weight is 344 g/mol. The number of nitrogens with one attached hydrogen (secondary N) is 1. The second-order valence-electron chi connectivity index (χ2n) is 7.15. The van der Waals surface area contributed by atoms with Crippen LogP contribution in [0.3, 0.4) is 0 Å². The highest BCUT2D eigenvalue weighted by Crippen LogP contribution is 2.27. The first kappa shape index (κ1) is 19.5. The lowest BCUT2D eigenvalue weighted by atomic mass is 10.1. The van der Waals surface area contributed by atoms with Crippen molar-refractivity contribution in [2.24, 2.45) is 5.92 Å². The first-order valence-corrected chi connectivity index (χ1v) is 9.45. The highest BCUT2D eigenvalue weighted by atomic mass is 16.5. The molecular formula is C21H33N3O. The van der Waals surface area contributed by atoms with Crippen molar-refractivity contribution in [3.05, 3.63) is 30.5 Å². The van der Waals surface area contributed by atoms with Gasteiger partial charge >= 0.3 is 0 Å². The van der Waals surface area contributed by atoms with E-state index in [0.29, 0.717) is 6.04 Å². The van der Waals surface area contributed by atoms with Gasteiger partial charge in [-0.1, -0.05) is 26.8 Å². The fourth-order valence-electron chi connectivity index (χ4n) is 2.99. The molecule has 2 aromatic rings. The molecule has 1 heterocycles. The Balaban J connectivity index is 2.05. The molecule has 2 rings (SSSR count). The van der Waals surface area contributed by atoms with Gasteiger partial charge in [-0.2, -0.15) is 0 Å². The number of aromatic nitrogens is 1. The minimum Gasteiger partial charge on any atom is -0.497 e. The third-order valence-corrected chi connectivity index (χ3v) is 4.84. The molecule has 0 aliphatic heterocycles. The van der Waals surface area contributed by atoms with Crippen LogP contribution in [-0.4, -0.2) is 42.7 Å². The summed E-state index contributed by atoms with van der Waals surface area (Å²) in [7, 11) is 1.71. The number of methoxy groups -OCH3 is 1. The van der Waals surface area contributed by atoms with Crippen LogP contribution in [0.25, 0.3) is 10.9 Å². The Morgan fingerprint density at radius 1 is 1.20 bits per heavy atom. The largest absolute Gasteiger partial charge is 0.497 e. The number of pyridine rings is 1. The van der Waals surface area contributed by atoms with Crippen LogP contribution in [0.4, 0.5) is 5.69 Å². The quantitative estimate of drug-likeness (QED) is 0.672. The van der Waals surface area contributed by atoms with Crippen LogP contribution in [0.5, 0.6) is 5.75 Å². The zero-order chi connectivity index (χ0) is 18.2. The van der Waals surface area contributed by atoms with E-state index in [-0.39, 0.29) is 0 Å². The van der Waals surface area contributed by atoms with Gasteiger partial charge in [-0.05, 0) is 44.4 Å². The average Bonchev–Trinajstić information content (AvgIpc) is 2.63. The number of benzene rings is 1. The standard InChI is InChI=1S/C21H33N3O/c1-6-17(4)24(12-9-16(2)3)13-11-22-20-15-19(25-5)14-18-8-7-10-23-21(18)20/h7-8,10,14-17,22H,6,9,11-13H2,1-5H3. The first-order valence-electron chi connectivity index (χ1n) is 9.45. The molecule has 0 saturated carbocycles. The number of anilines is 1. The first-order chi connectivity index (χ1) is 12.0. The third kappa shape index (κ3) is 5.60. The lowest BCUT2D eigenvalue weighted by Gasteiger charge is -2.29. The molecule has 0 radical (unpaired) electrons. The molecule has 1 unspecified atom stereocenters. The fourth-order valence-corrected chi connectivity index (χ4v) is 2.99. The molecule has 0 aliphatic carbocycles. The van der Waals surface area contributed by atoms with Crippen LogP contribution in [0.2, 0.25) is 0 Å². The van der Waals surface area contributed by atoms with Gasteiger partial charge in [0, 0.05) is 36.8 Å². The van der Waals surface area contributed by atoms with E-state index in [2.05, 4.69) is 49.0 Å². The molecule has 1 N–H and O–H groups in total. The summed E-state index contributed by atoms with van der Waals surface area (Å²) in [6.45, 7) is 12.3. The summed E-state index contributed by atoms with van der Waals surface area (Å²) in [5.74, 6) is 1.60. The Morgan fingerprint density at radius 2 is 2.00 bits per heavy atom. The molecule has 1 aromatic carbocycles. The van der Waals surface area contributed by atoms with Gasteiger partial charge in [-0.25, -0.2) is 0 Å². The summed E-state index contributed by atoms with van der Waals surface area (Å²) in [5.41, 5.74) is 2.04. The molecular weight excluding hydrogens is 310 g/mol. The summed E-state index contributed by atoms with van der Waals surface area (Å²) in [6.07, 6.45) is 4.27. The Morgan fingerprint density at radius 3 is 2.68 bits per heavy atom. The molecule has 1 atom stereocenters. The zero-order valence-corrected chi connectivity index (χ0v) is 16.4. The van der Waals surface area contributed by atoms with Crippen molar-refractivity contribution >= 4 is 16.6 Å². The smallest absolute Gasteiger partial charge is 0.121 e. The van der Waals surface area contributed by atoms with Crippen molar-refractivity contribution in [2.75, 3.05) is 32.1 Å². The van der Waals surface area contributed by atoms with E-state index in [1.165, 1.54) is 12.8 Å². The van der Waals surface area contributed by atoms with Crippen LogP contribution in [0, 0.1) is 5.92 Å². The summed E-state index contributed by atoms with van der Waals surface area (Å²) in [6, 6.07) is 8.71. The maximum absolute atomic E-state index is 5.43.